The number of hydrogen-bond acceptors (Lipinski definition) is 2. The van der Waals surface area contributed by atoms with Crippen LogP contribution in [-0.4, -0.2) is 12.9 Å². The summed E-state index contributed by atoms with van der Waals surface area (Å²) in [5, 5.41) is 0.575. The molecule has 1 aromatic carbocycles. The molecule has 1 aromatic rings. The molecule has 0 saturated carbocycles. The molecule has 1 rings (SSSR count). The minimum absolute atomic E-state index is 0.0763. The molecule has 0 unspecified atom stereocenters. The fourth-order valence-electron chi connectivity index (χ4n) is 2.20. The van der Waals surface area contributed by atoms with Gasteiger partial charge in [0, 0.05) is 10.9 Å². The largest absolute Gasteiger partial charge is 0.496 e. The van der Waals surface area contributed by atoms with Gasteiger partial charge in [0.15, 0.2) is 5.78 Å². The summed E-state index contributed by atoms with van der Waals surface area (Å²) in [6.45, 7) is 4.20. The summed E-state index contributed by atoms with van der Waals surface area (Å²) in [7, 11) is 1.58. The SMILES string of the molecule is CCCC(CCC)C(=O)c1cc(Cl)ccc1OC. The number of rotatable bonds is 7. The summed E-state index contributed by atoms with van der Waals surface area (Å²) >= 11 is 5.97. The van der Waals surface area contributed by atoms with Crippen molar-refractivity contribution in [3.8, 4) is 5.75 Å². The highest BCUT2D eigenvalue weighted by atomic mass is 35.5. The van der Waals surface area contributed by atoms with E-state index in [4.69, 9.17) is 16.3 Å². The van der Waals surface area contributed by atoms with Crippen LogP contribution in [0.15, 0.2) is 18.2 Å². The topological polar surface area (TPSA) is 26.3 Å². The van der Waals surface area contributed by atoms with Gasteiger partial charge < -0.3 is 4.74 Å². The third kappa shape index (κ3) is 3.74. The van der Waals surface area contributed by atoms with Crippen molar-refractivity contribution in [2.24, 2.45) is 5.92 Å². The first-order valence-electron chi connectivity index (χ1n) is 6.51. The Hall–Kier alpha value is -1.02. The molecule has 0 spiro atoms. The fourth-order valence-corrected chi connectivity index (χ4v) is 2.37. The van der Waals surface area contributed by atoms with E-state index in [1.807, 2.05) is 0 Å². The third-order valence-electron chi connectivity index (χ3n) is 3.07. The van der Waals surface area contributed by atoms with E-state index >= 15 is 0 Å². The number of carbonyl (C=O) groups excluding carboxylic acids is 1. The fraction of sp³-hybridized carbons (Fsp3) is 0.533. The van der Waals surface area contributed by atoms with Crippen LogP contribution in [0.4, 0.5) is 0 Å². The first kappa shape index (κ1) is 15.0. The molecular formula is C15H21ClO2. The Morgan fingerprint density at radius 3 is 2.39 bits per heavy atom. The predicted molar refractivity (Wildman–Crippen MR) is 75.6 cm³/mol. The van der Waals surface area contributed by atoms with Crippen LogP contribution in [0.1, 0.15) is 49.9 Å². The molecule has 3 heteroatoms. The van der Waals surface area contributed by atoms with Crippen molar-refractivity contribution in [3.05, 3.63) is 28.8 Å². The van der Waals surface area contributed by atoms with Crippen LogP contribution < -0.4 is 4.74 Å². The Balaban J connectivity index is 3.02. The maximum Gasteiger partial charge on any atom is 0.169 e. The standard InChI is InChI=1S/C15H21ClO2/c1-4-6-11(7-5-2)15(17)13-10-12(16)8-9-14(13)18-3/h8-11H,4-7H2,1-3H3. The molecule has 0 fully saturated rings. The second kappa shape index (κ2) is 7.42. The van der Waals surface area contributed by atoms with E-state index in [1.165, 1.54) is 0 Å². The summed E-state index contributed by atoms with van der Waals surface area (Å²) in [5.41, 5.74) is 0.608. The second-order valence-corrected chi connectivity index (χ2v) is 4.92. The normalized spacial score (nSPS) is 10.7. The van der Waals surface area contributed by atoms with E-state index in [0.717, 1.165) is 25.7 Å². The van der Waals surface area contributed by atoms with Gasteiger partial charge in [-0.1, -0.05) is 38.3 Å². The van der Waals surface area contributed by atoms with E-state index in [-0.39, 0.29) is 11.7 Å². The van der Waals surface area contributed by atoms with Gasteiger partial charge in [-0.05, 0) is 31.0 Å². The van der Waals surface area contributed by atoms with Crippen molar-refractivity contribution < 1.29 is 9.53 Å². The highest BCUT2D eigenvalue weighted by Crippen LogP contribution is 2.28. The molecule has 18 heavy (non-hydrogen) atoms. The van der Waals surface area contributed by atoms with Gasteiger partial charge in [0.1, 0.15) is 5.75 Å². The van der Waals surface area contributed by atoms with Crippen LogP contribution in [0.2, 0.25) is 5.02 Å². The Morgan fingerprint density at radius 2 is 1.89 bits per heavy atom. The number of ether oxygens (including phenoxy) is 1. The zero-order valence-electron chi connectivity index (χ0n) is 11.3. The van der Waals surface area contributed by atoms with Crippen molar-refractivity contribution in [2.45, 2.75) is 39.5 Å². The molecule has 0 radical (unpaired) electrons. The molecule has 0 amide bonds. The molecular weight excluding hydrogens is 248 g/mol. The van der Waals surface area contributed by atoms with Crippen molar-refractivity contribution in [3.63, 3.8) is 0 Å². The highest BCUT2D eigenvalue weighted by Gasteiger charge is 2.21. The van der Waals surface area contributed by atoms with Crippen LogP contribution in [0, 0.1) is 5.92 Å². The quantitative estimate of drug-likeness (QED) is 0.667. The van der Waals surface area contributed by atoms with Gasteiger partial charge in [0.2, 0.25) is 0 Å². The van der Waals surface area contributed by atoms with E-state index in [0.29, 0.717) is 16.3 Å². The molecule has 0 atom stereocenters. The molecule has 0 aliphatic heterocycles. The molecule has 0 aromatic heterocycles. The van der Waals surface area contributed by atoms with Crippen LogP contribution in [0.25, 0.3) is 0 Å². The number of methoxy groups -OCH3 is 1. The monoisotopic (exact) mass is 268 g/mol. The summed E-state index contributed by atoms with van der Waals surface area (Å²) in [4.78, 5) is 12.5. The Morgan fingerprint density at radius 1 is 1.28 bits per heavy atom. The smallest absolute Gasteiger partial charge is 0.169 e. The van der Waals surface area contributed by atoms with Gasteiger partial charge in [-0.25, -0.2) is 0 Å². The van der Waals surface area contributed by atoms with Crippen LogP contribution in [0.3, 0.4) is 0 Å². The van der Waals surface area contributed by atoms with Crippen molar-refractivity contribution in [1.82, 2.24) is 0 Å². The molecule has 0 heterocycles. The summed E-state index contributed by atoms with van der Waals surface area (Å²) in [6.07, 6.45) is 3.86. The average Bonchev–Trinajstić information content (AvgIpc) is 2.37. The second-order valence-electron chi connectivity index (χ2n) is 4.48. The number of carbonyl (C=O) groups is 1. The lowest BCUT2D eigenvalue weighted by molar-refractivity contribution is 0.0902. The van der Waals surface area contributed by atoms with Gasteiger partial charge in [0.05, 0.1) is 12.7 Å². The number of ketones is 1. The molecule has 2 nitrogen and oxygen atoms in total. The van der Waals surface area contributed by atoms with Crippen LogP contribution in [0.5, 0.6) is 5.75 Å². The number of Topliss-reactive ketones (excluding diaryl/α,β-unsaturated/α-hetero) is 1. The maximum absolute atomic E-state index is 12.5. The highest BCUT2D eigenvalue weighted by molar-refractivity contribution is 6.31. The van der Waals surface area contributed by atoms with Crippen molar-refractivity contribution >= 4 is 17.4 Å². The zero-order valence-corrected chi connectivity index (χ0v) is 12.1. The maximum atomic E-state index is 12.5. The van der Waals surface area contributed by atoms with Crippen LogP contribution in [-0.2, 0) is 0 Å². The van der Waals surface area contributed by atoms with Gasteiger partial charge in [-0.2, -0.15) is 0 Å². The lowest BCUT2D eigenvalue weighted by atomic mass is 9.89. The predicted octanol–water partition coefficient (Wildman–Crippen LogP) is 4.75. The summed E-state index contributed by atoms with van der Waals surface area (Å²) in [6, 6.07) is 5.21. The van der Waals surface area contributed by atoms with Gasteiger partial charge >= 0.3 is 0 Å². The molecule has 0 aliphatic carbocycles. The summed E-state index contributed by atoms with van der Waals surface area (Å²) < 4.78 is 5.25. The molecule has 0 saturated heterocycles. The molecule has 100 valence electrons. The van der Waals surface area contributed by atoms with Crippen molar-refractivity contribution in [2.75, 3.05) is 7.11 Å². The van der Waals surface area contributed by atoms with Gasteiger partial charge in [0.25, 0.3) is 0 Å². The van der Waals surface area contributed by atoms with Crippen LogP contribution >= 0.6 is 11.6 Å². The molecule has 0 bridgehead atoms. The van der Waals surface area contributed by atoms with Gasteiger partial charge in [-0.15, -0.1) is 0 Å². The van der Waals surface area contributed by atoms with E-state index < -0.39 is 0 Å². The first-order chi connectivity index (χ1) is 8.63. The van der Waals surface area contributed by atoms with Gasteiger partial charge in [-0.3, -0.25) is 4.79 Å². The van der Waals surface area contributed by atoms with Crippen molar-refractivity contribution in [1.29, 1.82) is 0 Å². The minimum Gasteiger partial charge on any atom is -0.496 e. The average molecular weight is 269 g/mol. The first-order valence-corrected chi connectivity index (χ1v) is 6.89. The lowest BCUT2D eigenvalue weighted by Gasteiger charge is -2.16. The summed E-state index contributed by atoms with van der Waals surface area (Å²) in [5.74, 6) is 0.840. The van der Waals surface area contributed by atoms with E-state index in [1.54, 1.807) is 25.3 Å². The lowest BCUT2D eigenvalue weighted by Crippen LogP contribution is -2.15. The Kier molecular flexibility index (Phi) is 6.20. The number of halogens is 1. The third-order valence-corrected chi connectivity index (χ3v) is 3.31. The van der Waals surface area contributed by atoms with E-state index in [9.17, 15) is 4.79 Å². The van der Waals surface area contributed by atoms with E-state index in [2.05, 4.69) is 13.8 Å². The Labute approximate surface area is 114 Å². The zero-order chi connectivity index (χ0) is 13.5. The molecule has 0 aliphatic rings. The Bertz CT molecular complexity index is 395. The minimum atomic E-state index is 0.0763. The number of benzene rings is 1. The number of hydrogen-bond donors (Lipinski definition) is 0. The molecule has 0 N–H and O–H groups in total.